The van der Waals surface area contributed by atoms with E-state index in [1.165, 1.54) is 15.9 Å². The fourth-order valence-electron chi connectivity index (χ4n) is 4.59. The van der Waals surface area contributed by atoms with Gasteiger partial charge in [-0.2, -0.15) is 4.31 Å². The van der Waals surface area contributed by atoms with Gasteiger partial charge >= 0.3 is 5.69 Å². The van der Waals surface area contributed by atoms with Crippen LogP contribution in [0.5, 0.6) is 0 Å². The Hall–Kier alpha value is -3.18. The van der Waals surface area contributed by atoms with Crippen molar-refractivity contribution in [1.29, 1.82) is 0 Å². The third-order valence-corrected chi connectivity index (χ3v) is 8.83. The van der Waals surface area contributed by atoms with Gasteiger partial charge in [0.2, 0.25) is 10.0 Å². The molecule has 3 heterocycles. The molecule has 1 aliphatic rings. The van der Waals surface area contributed by atoms with Gasteiger partial charge in [-0.15, -0.1) is 0 Å². The standard InChI is InChI=1S/C25H26ClN5O4S/c1-28-22-15-21(27-23(22)24(32)29(2)25(28)33)18-6-8-20(9-7-18)36(34,35)31-12-10-30(11-13-31)16-17-4-3-5-19(26)14-17/h3-9,14-15,27H,10-13,16H2,1-2H3. The van der Waals surface area contributed by atoms with E-state index in [2.05, 4.69) is 9.88 Å². The summed E-state index contributed by atoms with van der Waals surface area (Å²) in [5.41, 5.74) is 2.43. The van der Waals surface area contributed by atoms with Crippen LogP contribution in [0.15, 0.2) is 69.1 Å². The molecular weight excluding hydrogens is 502 g/mol. The monoisotopic (exact) mass is 527 g/mol. The molecule has 0 radical (unpaired) electrons. The smallest absolute Gasteiger partial charge is 0.331 e. The Bertz CT molecular complexity index is 1660. The van der Waals surface area contributed by atoms with Crippen LogP contribution in [-0.2, 0) is 30.7 Å². The zero-order valence-corrected chi connectivity index (χ0v) is 21.5. The van der Waals surface area contributed by atoms with Crippen LogP contribution in [0.4, 0.5) is 0 Å². The van der Waals surface area contributed by atoms with Crippen molar-refractivity contribution in [2.24, 2.45) is 14.1 Å². The van der Waals surface area contributed by atoms with Crippen LogP contribution in [0.2, 0.25) is 5.02 Å². The minimum Gasteiger partial charge on any atom is -0.349 e. The lowest BCUT2D eigenvalue weighted by atomic mass is 10.1. The number of hydrogen-bond donors (Lipinski definition) is 1. The average Bonchev–Trinajstić information content (AvgIpc) is 3.33. The largest absolute Gasteiger partial charge is 0.349 e. The van der Waals surface area contributed by atoms with E-state index in [1.54, 1.807) is 37.4 Å². The molecule has 2 aromatic heterocycles. The Balaban J connectivity index is 1.32. The Morgan fingerprint density at radius 1 is 0.917 bits per heavy atom. The van der Waals surface area contributed by atoms with E-state index in [1.807, 2.05) is 24.3 Å². The molecule has 1 aliphatic heterocycles. The summed E-state index contributed by atoms with van der Waals surface area (Å²) in [6.45, 7) is 2.80. The van der Waals surface area contributed by atoms with E-state index in [0.717, 1.165) is 16.7 Å². The predicted octanol–water partition coefficient (Wildman–Crippen LogP) is 2.39. The van der Waals surface area contributed by atoms with Crippen molar-refractivity contribution in [2.45, 2.75) is 11.4 Å². The topological polar surface area (TPSA) is 100 Å². The maximum Gasteiger partial charge on any atom is 0.331 e. The lowest BCUT2D eigenvalue weighted by Gasteiger charge is -2.34. The van der Waals surface area contributed by atoms with Crippen LogP contribution < -0.4 is 11.2 Å². The van der Waals surface area contributed by atoms with Gasteiger partial charge in [0, 0.05) is 57.5 Å². The van der Waals surface area contributed by atoms with Crippen molar-refractivity contribution >= 4 is 32.7 Å². The number of hydrogen-bond acceptors (Lipinski definition) is 5. The number of nitrogens with zero attached hydrogens (tertiary/aromatic N) is 4. The van der Waals surface area contributed by atoms with Crippen molar-refractivity contribution in [3.05, 3.63) is 86.0 Å². The van der Waals surface area contributed by atoms with Crippen molar-refractivity contribution in [2.75, 3.05) is 26.2 Å². The number of H-pyrrole nitrogens is 1. The van der Waals surface area contributed by atoms with Gasteiger partial charge in [-0.05, 0) is 41.5 Å². The van der Waals surface area contributed by atoms with Gasteiger partial charge < -0.3 is 4.98 Å². The summed E-state index contributed by atoms with van der Waals surface area (Å²) >= 11 is 6.07. The zero-order valence-electron chi connectivity index (χ0n) is 19.9. The van der Waals surface area contributed by atoms with Crippen molar-refractivity contribution in [3.63, 3.8) is 0 Å². The summed E-state index contributed by atoms with van der Waals surface area (Å²) in [6, 6.07) is 16.0. The second kappa shape index (κ2) is 9.36. The van der Waals surface area contributed by atoms with Crippen LogP contribution in [0.25, 0.3) is 22.3 Å². The van der Waals surface area contributed by atoms with Crippen LogP contribution in [0.1, 0.15) is 5.56 Å². The third kappa shape index (κ3) is 4.41. The summed E-state index contributed by atoms with van der Waals surface area (Å²) in [5.74, 6) is 0. The molecule has 0 saturated carbocycles. The number of halogens is 1. The second-order valence-electron chi connectivity index (χ2n) is 8.98. The first kappa shape index (κ1) is 24.5. The minimum atomic E-state index is -3.64. The first-order valence-electron chi connectivity index (χ1n) is 11.5. The number of aromatic nitrogens is 3. The molecule has 0 spiro atoms. The highest BCUT2D eigenvalue weighted by Crippen LogP contribution is 2.25. The number of nitrogens with one attached hydrogen (secondary N) is 1. The fraction of sp³-hybridized carbons (Fsp3) is 0.280. The molecule has 2 aromatic carbocycles. The highest BCUT2D eigenvalue weighted by atomic mass is 35.5. The number of sulfonamides is 1. The molecule has 0 bridgehead atoms. The normalized spacial score (nSPS) is 15.5. The van der Waals surface area contributed by atoms with Gasteiger partial charge in [0.05, 0.1) is 10.4 Å². The molecule has 188 valence electrons. The molecule has 5 rings (SSSR count). The van der Waals surface area contributed by atoms with E-state index < -0.39 is 21.3 Å². The maximum atomic E-state index is 13.2. The second-order valence-corrected chi connectivity index (χ2v) is 11.4. The number of fused-ring (bicyclic) bond motifs is 1. The Morgan fingerprint density at radius 2 is 1.61 bits per heavy atom. The number of rotatable bonds is 5. The molecule has 1 fully saturated rings. The van der Waals surface area contributed by atoms with Gasteiger partial charge in [-0.1, -0.05) is 35.9 Å². The first-order valence-corrected chi connectivity index (χ1v) is 13.3. The van der Waals surface area contributed by atoms with E-state index >= 15 is 0 Å². The zero-order chi connectivity index (χ0) is 25.6. The molecule has 36 heavy (non-hydrogen) atoms. The van der Waals surface area contributed by atoms with E-state index in [0.29, 0.717) is 53.5 Å². The van der Waals surface area contributed by atoms with E-state index in [4.69, 9.17) is 11.6 Å². The average molecular weight is 528 g/mol. The van der Waals surface area contributed by atoms with E-state index in [9.17, 15) is 18.0 Å². The molecule has 9 nitrogen and oxygen atoms in total. The summed E-state index contributed by atoms with van der Waals surface area (Å²) in [4.78, 5) is 30.2. The minimum absolute atomic E-state index is 0.217. The number of aromatic amines is 1. The maximum absolute atomic E-state index is 13.2. The number of aryl methyl sites for hydroxylation is 1. The molecule has 0 aliphatic carbocycles. The van der Waals surface area contributed by atoms with Crippen LogP contribution >= 0.6 is 11.6 Å². The Morgan fingerprint density at radius 3 is 2.28 bits per heavy atom. The predicted molar refractivity (Wildman–Crippen MR) is 140 cm³/mol. The first-order chi connectivity index (χ1) is 17.1. The molecule has 1 saturated heterocycles. The Kier molecular flexibility index (Phi) is 6.37. The number of benzene rings is 2. The summed E-state index contributed by atoms with van der Waals surface area (Å²) in [5, 5.41) is 0.691. The third-order valence-electron chi connectivity index (χ3n) is 6.68. The highest BCUT2D eigenvalue weighted by Gasteiger charge is 2.28. The molecule has 0 atom stereocenters. The van der Waals surface area contributed by atoms with Crippen molar-refractivity contribution in [3.8, 4) is 11.3 Å². The summed E-state index contributed by atoms with van der Waals surface area (Å²) in [6.07, 6.45) is 0. The van der Waals surface area contributed by atoms with Gasteiger partial charge in [0.25, 0.3) is 5.56 Å². The number of piperazine rings is 1. The molecule has 0 amide bonds. The fourth-order valence-corrected chi connectivity index (χ4v) is 6.22. The quantitative estimate of drug-likeness (QED) is 0.429. The SMILES string of the molecule is Cn1c(=O)c2[nH]c(-c3ccc(S(=O)(=O)N4CCN(Cc5cccc(Cl)c5)CC4)cc3)cc2n(C)c1=O. The molecule has 4 aromatic rings. The lowest BCUT2D eigenvalue weighted by molar-refractivity contribution is 0.181. The van der Waals surface area contributed by atoms with Crippen molar-refractivity contribution < 1.29 is 8.42 Å². The molecular formula is C25H26ClN5O4S. The molecule has 11 heteroatoms. The van der Waals surface area contributed by atoms with Crippen LogP contribution in [-0.4, -0.2) is 57.9 Å². The lowest BCUT2D eigenvalue weighted by Crippen LogP contribution is -2.48. The van der Waals surface area contributed by atoms with Gasteiger partial charge in [-0.25, -0.2) is 13.2 Å². The summed E-state index contributed by atoms with van der Waals surface area (Å²) in [7, 11) is -0.601. The molecule has 0 unspecified atom stereocenters. The van der Waals surface area contributed by atoms with Gasteiger partial charge in [0.15, 0.2) is 0 Å². The van der Waals surface area contributed by atoms with Gasteiger partial charge in [0.1, 0.15) is 5.52 Å². The summed E-state index contributed by atoms with van der Waals surface area (Å²) < 4.78 is 30.5. The van der Waals surface area contributed by atoms with Gasteiger partial charge in [-0.3, -0.25) is 18.8 Å². The van der Waals surface area contributed by atoms with Crippen LogP contribution in [0.3, 0.4) is 0 Å². The Labute approximate surface area is 213 Å². The highest BCUT2D eigenvalue weighted by molar-refractivity contribution is 7.89. The molecule has 1 N–H and O–H groups in total. The van der Waals surface area contributed by atoms with Crippen molar-refractivity contribution in [1.82, 2.24) is 23.3 Å². The van der Waals surface area contributed by atoms with Crippen LogP contribution in [0, 0.1) is 0 Å². The van der Waals surface area contributed by atoms with E-state index in [-0.39, 0.29) is 4.90 Å².